The van der Waals surface area contributed by atoms with Gasteiger partial charge in [0.25, 0.3) is 0 Å². The highest BCUT2D eigenvalue weighted by Crippen LogP contribution is 2.50. The number of Topliss-reactive ketones (excluding diaryl/α,β-unsaturated/α-hetero) is 1. The number of fused-ring (bicyclic) bond motifs is 1. The molecule has 1 atom stereocenters. The second-order valence-electron chi connectivity index (χ2n) is 5.69. The Kier molecular flexibility index (Phi) is 4.71. The number of ether oxygens (including phenoxy) is 1. The van der Waals surface area contributed by atoms with E-state index in [0.717, 1.165) is 5.56 Å². The summed E-state index contributed by atoms with van der Waals surface area (Å²) in [6, 6.07) is 9.75. The van der Waals surface area contributed by atoms with Gasteiger partial charge < -0.3 is 9.15 Å². The molecular weight excluding hydrogens is 440 g/mol. The van der Waals surface area contributed by atoms with Crippen molar-refractivity contribution in [2.24, 2.45) is 0 Å². The van der Waals surface area contributed by atoms with Crippen molar-refractivity contribution in [2.75, 3.05) is 6.61 Å². The summed E-state index contributed by atoms with van der Waals surface area (Å²) in [7, 11) is 0. The lowest BCUT2D eigenvalue weighted by Gasteiger charge is -2.33. The molecule has 0 fully saturated rings. The van der Waals surface area contributed by atoms with Crippen LogP contribution in [0.4, 0.5) is 0 Å². The van der Waals surface area contributed by atoms with E-state index in [1.807, 2.05) is 30.3 Å². The Balaban J connectivity index is 2.08. The van der Waals surface area contributed by atoms with Crippen LogP contribution in [0.15, 0.2) is 34.7 Å². The second kappa shape index (κ2) is 6.48. The van der Waals surface area contributed by atoms with Gasteiger partial charge in [-0.1, -0.05) is 62.2 Å². The van der Waals surface area contributed by atoms with Crippen LogP contribution in [-0.2, 0) is 11.2 Å². The number of hydrogen-bond acceptors (Lipinski definition) is 4. The van der Waals surface area contributed by atoms with Crippen molar-refractivity contribution in [3.8, 4) is 0 Å². The molecule has 1 aliphatic rings. The Labute approximate surface area is 156 Å². The number of hydrogen-bond donors (Lipinski definition) is 0. The number of carbonyl (C=O) groups excluding carboxylic acids is 2. The molecule has 0 saturated heterocycles. The minimum Gasteiger partial charge on any atom is -0.460 e. The maximum Gasteiger partial charge on any atom is 0.374 e. The van der Waals surface area contributed by atoms with Gasteiger partial charge in [-0.25, -0.2) is 4.79 Å². The lowest BCUT2D eigenvalue weighted by atomic mass is 9.81. The van der Waals surface area contributed by atoms with Gasteiger partial charge in [-0.2, -0.15) is 0 Å². The SMILES string of the molecule is CCOC(=O)c1oc2c(c1C)C(=O)C(Br)(Br)C(c1ccccc1)C2. The number of esters is 1. The van der Waals surface area contributed by atoms with Gasteiger partial charge in [-0.15, -0.1) is 0 Å². The molecule has 0 amide bonds. The molecule has 0 bridgehead atoms. The summed E-state index contributed by atoms with van der Waals surface area (Å²) in [4.78, 5) is 25.1. The average Bonchev–Trinajstić information content (AvgIpc) is 2.89. The number of furan rings is 1. The van der Waals surface area contributed by atoms with Crippen LogP contribution in [0, 0.1) is 6.92 Å². The molecule has 1 aromatic heterocycles. The van der Waals surface area contributed by atoms with E-state index in [2.05, 4.69) is 31.9 Å². The quantitative estimate of drug-likeness (QED) is 0.493. The molecule has 0 spiro atoms. The fourth-order valence-electron chi connectivity index (χ4n) is 3.06. The summed E-state index contributed by atoms with van der Waals surface area (Å²) in [6.07, 6.45) is 0.502. The molecule has 1 unspecified atom stereocenters. The van der Waals surface area contributed by atoms with Crippen molar-refractivity contribution < 1.29 is 18.7 Å². The van der Waals surface area contributed by atoms with Crippen molar-refractivity contribution in [1.82, 2.24) is 0 Å². The average molecular weight is 456 g/mol. The molecule has 126 valence electrons. The highest BCUT2D eigenvalue weighted by atomic mass is 79.9. The van der Waals surface area contributed by atoms with Crippen LogP contribution >= 0.6 is 31.9 Å². The van der Waals surface area contributed by atoms with Gasteiger partial charge >= 0.3 is 5.97 Å². The molecule has 1 heterocycles. The number of carbonyl (C=O) groups is 2. The van der Waals surface area contributed by atoms with E-state index in [1.165, 1.54) is 0 Å². The van der Waals surface area contributed by atoms with Crippen LogP contribution < -0.4 is 0 Å². The summed E-state index contributed by atoms with van der Waals surface area (Å²) in [5.74, 6) is -0.194. The second-order valence-corrected chi connectivity index (χ2v) is 9.26. The zero-order chi connectivity index (χ0) is 17.5. The maximum atomic E-state index is 13.0. The van der Waals surface area contributed by atoms with Crippen molar-refractivity contribution in [1.29, 1.82) is 0 Å². The topological polar surface area (TPSA) is 56.5 Å². The third-order valence-corrected chi connectivity index (χ3v) is 6.06. The predicted molar refractivity (Wildman–Crippen MR) is 97.2 cm³/mol. The van der Waals surface area contributed by atoms with Gasteiger partial charge in [-0.3, -0.25) is 4.79 Å². The first-order valence-corrected chi connectivity index (χ1v) is 9.23. The summed E-state index contributed by atoms with van der Waals surface area (Å²) in [6.45, 7) is 3.70. The molecule has 1 aromatic carbocycles. The molecule has 4 nitrogen and oxygen atoms in total. The molecule has 0 N–H and O–H groups in total. The van der Waals surface area contributed by atoms with Gasteiger partial charge in [0.1, 0.15) is 5.76 Å². The molecule has 24 heavy (non-hydrogen) atoms. The molecule has 1 aliphatic carbocycles. The Morgan fingerprint density at radius 1 is 1.33 bits per heavy atom. The zero-order valence-electron chi connectivity index (χ0n) is 13.3. The van der Waals surface area contributed by atoms with Crippen molar-refractivity contribution in [3.63, 3.8) is 0 Å². The number of ketones is 1. The van der Waals surface area contributed by atoms with Gasteiger partial charge in [0.05, 0.1) is 12.2 Å². The normalized spacial score (nSPS) is 19.0. The largest absolute Gasteiger partial charge is 0.460 e. The zero-order valence-corrected chi connectivity index (χ0v) is 16.4. The molecular formula is C18H16Br2O4. The fourth-order valence-corrected chi connectivity index (χ4v) is 4.31. The minimum atomic E-state index is -0.936. The lowest BCUT2D eigenvalue weighted by molar-refractivity contribution is 0.0486. The first kappa shape index (κ1) is 17.4. The molecule has 6 heteroatoms. The van der Waals surface area contributed by atoms with Crippen LogP contribution in [0.5, 0.6) is 0 Å². The summed E-state index contributed by atoms with van der Waals surface area (Å²) < 4.78 is 9.81. The summed E-state index contributed by atoms with van der Waals surface area (Å²) in [5.41, 5.74) is 2.00. The predicted octanol–water partition coefficient (Wildman–Crippen LogP) is 4.77. The molecule has 3 rings (SSSR count). The highest BCUT2D eigenvalue weighted by Gasteiger charge is 2.49. The lowest BCUT2D eigenvalue weighted by Crippen LogP contribution is -2.38. The highest BCUT2D eigenvalue weighted by molar-refractivity contribution is 9.26. The Bertz CT molecular complexity index is 793. The van der Waals surface area contributed by atoms with Crippen molar-refractivity contribution in [3.05, 3.63) is 58.5 Å². The number of halogens is 2. The minimum absolute atomic E-state index is 0.111. The van der Waals surface area contributed by atoms with E-state index in [9.17, 15) is 9.59 Å². The number of rotatable bonds is 3. The van der Waals surface area contributed by atoms with E-state index < -0.39 is 9.20 Å². The van der Waals surface area contributed by atoms with Crippen molar-refractivity contribution >= 4 is 43.6 Å². The third kappa shape index (κ3) is 2.75. The maximum absolute atomic E-state index is 13.0. The molecule has 0 aliphatic heterocycles. The number of benzene rings is 1. The van der Waals surface area contributed by atoms with Crippen LogP contribution in [0.3, 0.4) is 0 Å². The van der Waals surface area contributed by atoms with Crippen LogP contribution in [0.25, 0.3) is 0 Å². The Morgan fingerprint density at radius 3 is 2.62 bits per heavy atom. The monoisotopic (exact) mass is 454 g/mol. The van der Waals surface area contributed by atoms with Gasteiger partial charge in [0.15, 0.2) is 9.02 Å². The smallest absolute Gasteiger partial charge is 0.374 e. The fraction of sp³-hybridized carbons (Fsp3) is 0.333. The van der Waals surface area contributed by atoms with Crippen LogP contribution in [0.2, 0.25) is 0 Å². The van der Waals surface area contributed by atoms with E-state index >= 15 is 0 Å². The van der Waals surface area contributed by atoms with E-state index in [4.69, 9.17) is 9.15 Å². The first-order chi connectivity index (χ1) is 11.4. The Hall–Kier alpha value is -1.40. The third-order valence-electron chi connectivity index (χ3n) is 4.24. The van der Waals surface area contributed by atoms with E-state index in [0.29, 0.717) is 23.3 Å². The molecule has 2 aromatic rings. The molecule has 0 radical (unpaired) electrons. The van der Waals surface area contributed by atoms with E-state index in [-0.39, 0.29) is 24.1 Å². The molecule has 0 saturated carbocycles. The van der Waals surface area contributed by atoms with Gasteiger partial charge in [-0.05, 0) is 19.4 Å². The van der Waals surface area contributed by atoms with Crippen molar-refractivity contribution in [2.45, 2.75) is 29.4 Å². The Morgan fingerprint density at radius 2 is 2.00 bits per heavy atom. The first-order valence-electron chi connectivity index (χ1n) is 7.64. The van der Waals surface area contributed by atoms with E-state index in [1.54, 1.807) is 13.8 Å². The summed E-state index contributed by atoms with van der Waals surface area (Å²) >= 11 is 7.10. The van der Waals surface area contributed by atoms with Gasteiger partial charge in [0.2, 0.25) is 5.76 Å². The van der Waals surface area contributed by atoms with Gasteiger partial charge in [0, 0.05) is 17.9 Å². The standard InChI is InChI=1S/C18H16Br2O4/c1-3-23-17(22)15-10(2)14-13(24-15)9-12(18(19,20)16(14)21)11-7-5-4-6-8-11/h4-8,12H,3,9H2,1-2H3. The number of alkyl halides is 2. The van der Waals surface area contributed by atoms with Crippen LogP contribution in [-0.4, -0.2) is 21.6 Å². The summed E-state index contributed by atoms with van der Waals surface area (Å²) in [5, 5.41) is 0. The van der Waals surface area contributed by atoms with Crippen LogP contribution in [0.1, 0.15) is 50.6 Å².